The number of benzene rings is 2. The lowest BCUT2D eigenvalue weighted by Gasteiger charge is -2.25. The van der Waals surface area contributed by atoms with E-state index in [1.165, 1.54) is 29.7 Å². The van der Waals surface area contributed by atoms with Gasteiger partial charge in [-0.3, -0.25) is 14.5 Å². The van der Waals surface area contributed by atoms with Crippen LogP contribution < -0.4 is 4.74 Å². The number of imide groups is 1. The highest BCUT2D eigenvalue weighted by Crippen LogP contribution is 2.35. The van der Waals surface area contributed by atoms with Crippen LogP contribution >= 0.6 is 34.4 Å². The van der Waals surface area contributed by atoms with Crippen LogP contribution in [0.15, 0.2) is 47.4 Å². The van der Waals surface area contributed by atoms with Gasteiger partial charge in [-0.1, -0.05) is 55.2 Å². The van der Waals surface area contributed by atoms with Crippen LogP contribution in [-0.4, -0.2) is 22.6 Å². The van der Waals surface area contributed by atoms with E-state index in [0.29, 0.717) is 24.0 Å². The minimum atomic E-state index is -0.157. The van der Waals surface area contributed by atoms with Crippen molar-refractivity contribution < 1.29 is 14.3 Å². The van der Waals surface area contributed by atoms with Crippen LogP contribution in [0.5, 0.6) is 5.75 Å². The number of hydrogen-bond donors (Lipinski definition) is 0. The highest BCUT2D eigenvalue weighted by molar-refractivity contribution is 14.1. The average molecular weight is 547 g/mol. The quantitative estimate of drug-likeness (QED) is 0.295. The number of halogens is 1. The molecule has 1 heterocycles. The third-order valence-electron chi connectivity index (χ3n) is 5.77. The minimum Gasteiger partial charge on any atom is -0.488 e. The second-order valence-corrected chi connectivity index (χ2v) is 10.4. The van der Waals surface area contributed by atoms with Gasteiger partial charge in [-0.05, 0) is 89.4 Å². The van der Waals surface area contributed by atoms with Crippen molar-refractivity contribution in [3.8, 4) is 5.75 Å². The second kappa shape index (κ2) is 10.2. The number of carbonyl (C=O) groups is 2. The van der Waals surface area contributed by atoms with Crippen LogP contribution in [0.4, 0.5) is 4.79 Å². The molecule has 0 N–H and O–H groups in total. The van der Waals surface area contributed by atoms with Crippen molar-refractivity contribution in [1.82, 2.24) is 4.90 Å². The van der Waals surface area contributed by atoms with Gasteiger partial charge in [-0.25, -0.2) is 0 Å². The van der Waals surface area contributed by atoms with Crippen molar-refractivity contribution in [1.29, 1.82) is 0 Å². The molecule has 2 aliphatic rings. The summed E-state index contributed by atoms with van der Waals surface area (Å²) < 4.78 is 6.95. The van der Waals surface area contributed by atoms with E-state index in [-0.39, 0.29) is 11.1 Å². The van der Waals surface area contributed by atoms with Gasteiger partial charge in [0.25, 0.3) is 11.1 Å². The smallest absolute Gasteiger partial charge is 0.293 e. The number of ether oxygens (including phenoxy) is 1. The zero-order valence-electron chi connectivity index (χ0n) is 17.6. The fraction of sp³-hybridized carbons (Fsp3) is 0.360. The maximum Gasteiger partial charge on any atom is 0.293 e. The molecule has 2 fully saturated rings. The summed E-state index contributed by atoms with van der Waals surface area (Å²) in [5.74, 6) is 1.10. The Kier molecular flexibility index (Phi) is 7.38. The molecule has 0 bridgehead atoms. The van der Waals surface area contributed by atoms with Gasteiger partial charge in [0.1, 0.15) is 12.4 Å². The summed E-state index contributed by atoms with van der Waals surface area (Å²) in [7, 11) is 0. The standard InChI is InChI=1S/C25H26INO3S/c1-17-6-5-9-20(12-17)16-30-22-11-10-19(13-21(22)26)14-23-24(28)27(25(29)31-23)15-18-7-3-2-4-8-18/h5-6,9-14,18H,2-4,7-8,15-16H2,1H3/b23-14+. The van der Waals surface area contributed by atoms with Crippen LogP contribution in [0, 0.1) is 16.4 Å². The molecule has 0 radical (unpaired) electrons. The summed E-state index contributed by atoms with van der Waals surface area (Å²) in [5, 5.41) is -0.144. The number of rotatable bonds is 6. The SMILES string of the molecule is Cc1cccc(COc2ccc(/C=C3/SC(=O)N(CC4CCCCC4)C3=O)cc2I)c1. The lowest BCUT2D eigenvalue weighted by Crippen LogP contribution is -2.34. The number of aryl methyl sites for hydroxylation is 1. The molecule has 6 heteroatoms. The predicted molar refractivity (Wildman–Crippen MR) is 134 cm³/mol. The average Bonchev–Trinajstić information content (AvgIpc) is 3.01. The van der Waals surface area contributed by atoms with Crippen molar-refractivity contribution in [2.75, 3.05) is 6.54 Å². The Morgan fingerprint density at radius 1 is 1.13 bits per heavy atom. The third kappa shape index (κ3) is 5.71. The van der Waals surface area contributed by atoms with Crippen molar-refractivity contribution in [2.24, 2.45) is 5.92 Å². The van der Waals surface area contributed by atoms with E-state index in [9.17, 15) is 9.59 Å². The molecule has 4 nitrogen and oxygen atoms in total. The van der Waals surface area contributed by atoms with E-state index in [4.69, 9.17) is 4.74 Å². The Bertz CT molecular complexity index is 1010. The maximum atomic E-state index is 12.8. The second-order valence-electron chi connectivity index (χ2n) is 8.26. The van der Waals surface area contributed by atoms with Crippen LogP contribution in [0.3, 0.4) is 0 Å². The van der Waals surface area contributed by atoms with Gasteiger partial charge in [0.05, 0.1) is 8.48 Å². The normalized spacial score (nSPS) is 18.8. The molecule has 1 saturated carbocycles. The van der Waals surface area contributed by atoms with Crippen LogP contribution in [0.25, 0.3) is 6.08 Å². The Hall–Kier alpha value is -1.80. The van der Waals surface area contributed by atoms with Crippen LogP contribution in [-0.2, 0) is 11.4 Å². The molecule has 4 rings (SSSR count). The van der Waals surface area contributed by atoms with E-state index < -0.39 is 0 Å². The molecule has 2 amide bonds. The number of thioether (sulfide) groups is 1. The topological polar surface area (TPSA) is 46.6 Å². The Labute approximate surface area is 201 Å². The van der Waals surface area contributed by atoms with Gasteiger partial charge in [-0.15, -0.1) is 0 Å². The highest BCUT2D eigenvalue weighted by Gasteiger charge is 2.36. The van der Waals surface area contributed by atoms with Gasteiger partial charge < -0.3 is 4.74 Å². The van der Waals surface area contributed by atoms with Crippen molar-refractivity contribution in [3.63, 3.8) is 0 Å². The summed E-state index contributed by atoms with van der Waals surface area (Å²) >= 11 is 3.30. The molecule has 0 aromatic heterocycles. The number of hydrogen-bond acceptors (Lipinski definition) is 4. The third-order valence-corrected chi connectivity index (χ3v) is 7.52. The Morgan fingerprint density at radius 3 is 2.68 bits per heavy atom. The molecule has 162 valence electrons. The first-order chi connectivity index (χ1) is 15.0. The van der Waals surface area contributed by atoms with E-state index >= 15 is 0 Å². The fourth-order valence-corrected chi connectivity index (χ4v) is 5.67. The fourth-order valence-electron chi connectivity index (χ4n) is 4.12. The summed E-state index contributed by atoms with van der Waals surface area (Å²) in [6.45, 7) is 3.14. The first kappa shape index (κ1) is 22.4. The van der Waals surface area contributed by atoms with E-state index in [1.807, 2.05) is 30.3 Å². The first-order valence-electron chi connectivity index (χ1n) is 10.7. The minimum absolute atomic E-state index is 0.144. The summed E-state index contributed by atoms with van der Waals surface area (Å²) in [5.41, 5.74) is 3.24. The molecule has 0 unspecified atom stereocenters. The molecule has 2 aromatic rings. The largest absolute Gasteiger partial charge is 0.488 e. The Morgan fingerprint density at radius 2 is 1.94 bits per heavy atom. The monoisotopic (exact) mass is 547 g/mol. The van der Waals surface area contributed by atoms with Gasteiger partial charge in [0, 0.05) is 6.54 Å². The molecule has 0 atom stereocenters. The number of carbonyl (C=O) groups excluding carboxylic acids is 2. The maximum absolute atomic E-state index is 12.8. The van der Waals surface area contributed by atoms with E-state index in [2.05, 4.69) is 47.7 Å². The van der Waals surface area contributed by atoms with Crippen molar-refractivity contribution in [3.05, 3.63) is 67.6 Å². The van der Waals surface area contributed by atoms with Gasteiger partial charge >= 0.3 is 0 Å². The van der Waals surface area contributed by atoms with Crippen LogP contribution in [0.2, 0.25) is 0 Å². The summed E-state index contributed by atoms with van der Waals surface area (Å²) in [4.78, 5) is 27.2. The molecule has 0 spiro atoms. The van der Waals surface area contributed by atoms with Gasteiger partial charge in [0.2, 0.25) is 0 Å². The molecule has 1 aliphatic carbocycles. The molecule has 1 aliphatic heterocycles. The molecule has 31 heavy (non-hydrogen) atoms. The highest BCUT2D eigenvalue weighted by atomic mass is 127. The number of nitrogens with zero attached hydrogens (tertiary/aromatic N) is 1. The van der Waals surface area contributed by atoms with Crippen molar-refractivity contribution >= 4 is 51.6 Å². The summed E-state index contributed by atoms with van der Waals surface area (Å²) in [6, 6.07) is 14.1. The molecular formula is C25H26INO3S. The lowest BCUT2D eigenvalue weighted by atomic mass is 9.89. The van der Waals surface area contributed by atoms with E-state index in [0.717, 1.165) is 45.1 Å². The predicted octanol–water partition coefficient (Wildman–Crippen LogP) is 6.80. The molecule has 1 saturated heterocycles. The Balaban J connectivity index is 1.41. The summed E-state index contributed by atoms with van der Waals surface area (Å²) in [6.07, 6.45) is 7.72. The van der Waals surface area contributed by atoms with Crippen molar-refractivity contribution in [2.45, 2.75) is 45.6 Å². The zero-order valence-corrected chi connectivity index (χ0v) is 20.6. The zero-order chi connectivity index (χ0) is 21.8. The van der Waals surface area contributed by atoms with Crippen LogP contribution in [0.1, 0.15) is 48.8 Å². The molecule has 2 aromatic carbocycles. The number of amides is 2. The van der Waals surface area contributed by atoms with Gasteiger partial charge in [-0.2, -0.15) is 0 Å². The lowest BCUT2D eigenvalue weighted by molar-refractivity contribution is -0.123. The molecular weight excluding hydrogens is 521 g/mol. The van der Waals surface area contributed by atoms with E-state index in [1.54, 1.807) is 0 Å². The first-order valence-corrected chi connectivity index (χ1v) is 12.6. The van der Waals surface area contributed by atoms with Gasteiger partial charge in [0.15, 0.2) is 0 Å².